The molecular weight excluding hydrogens is 282 g/mol. The number of rotatable bonds is 4. The highest BCUT2D eigenvalue weighted by Gasteiger charge is 2.27. The van der Waals surface area contributed by atoms with Crippen LogP contribution >= 0.6 is 11.3 Å². The number of aromatic nitrogens is 1. The van der Waals surface area contributed by atoms with Crippen molar-refractivity contribution in [1.82, 2.24) is 15.2 Å². The van der Waals surface area contributed by atoms with Crippen LogP contribution in [0.3, 0.4) is 0 Å². The maximum atomic E-state index is 12.4. The van der Waals surface area contributed by atoms with Gasteiger partial charge in [-0.15, -0.1) is 11.3 Å². The summed E-state index contributed by atoms with van der Waals surface area (Å²) in [4.78, 5) is 19.1. The van der Waals surface area contributed by atoms with Gasteiger partial charge < -0.3 is 10.2 Å². The van der Waals surface area contributed by atoms with Crippen molar-refractivity contribution < 1.29 is 4.79 Å². The summed E-state index contributed by atoms with van der Waals surface area (Å²) in [6.45, 7) is 6.06. The lowest BCUT2D eigenvalue weighted by molar-refractivity contribution is -0.132. The average Bonchev–Trinajstić information content (AvgIpc) is 3.16. The Hall–Kier alpha value is -0.940. The van der Waals surface area contributed by atoms with Gasteiger partial charge in [0.2, 0.25) is 5.91 Å². The van der Waals surface area contributed by atoms with Crippen LogP contribution in [0.2, 0.25) is 0 Å². The summed E-state index contributed by atoms with van der Waals surface area (Å²) >= 11 is 1.75. The van der Waals surface area contributed by atoms with Crippen LogP contribution in [0.25, 0.3) is 0 Å². The lowest BCUT2D eigenvalue weighted by Gasteiger charge is -2.32. The summed E-state index contributed by atoms with van der Waals surface area (Å²) in [5.41, 5.74) is 1.10. The van der Waals surface area contributed by atoms with Gasteiger partial charge in [-0.2, -0.15) is 0 Å². The summed E-state index contributed by atoms with van der Waals surface area (Å²) < 4.78 is 0. The Morgan fingerprint density at radius 3 is 3.14 bits per heavy atom. The minimum Gasteiger partial charge on any atom is -0.342 e. The highest BCUT2D eigenvalue weighted by atomic mass is 32.1. The standard InChI is InChI=1S/C16H25N3OS/c1-12-11-21-16(18-12)14-3-2-8-19(10-14)15(20)5-4-13-6-7-17-9-13/h11,13-14,17H,2-10H2,1H3. The maximum Gasteiger partial charge on any atom is 0.222 e. The van der Waals surface area contributed by atoms with Gasteiger partial charge in [0.15, 0.2) is 0 Å². The van der Waals surface area contributed by atoms with Gasteiger partial charge in [0.25, 0.3) is 0 Å². The van der Waals surface area contributed by atoms with Crippen LogP contribution in [0.5, 0.6) is 0 Å². The topological polar surface area (TPSA) is 45.2 Å². The summed E-state index contributed by atoms with van der Waals surface area (Å²) in [5.74, 6) is 1.51. The fraction of sp³-hybridized carbons (Fsp3) is 0.750. The molecule has 5 heteroatoms. The normalized spacial score (nSPS) is 26.2. The molecule has 2 atom stereocenters. The molecule has 1 aromatic rings. The predicted molar refractivity (Wildman–Crippen MR) is 85.6 cm³/mol. The minimum absolute atomic E-state index is 0.347. The second-order valence-electron chi connectivity index (χ2n) is 6.40. The van der Waals surface area contributed by atoms with E-state index in [0.29, 0.717) is 17.7 Å². The zero-order valence-electron chi connectivity index (χ0n) is 12.8. The van der Waals surface area contributed by atoms with E-state index in [1.54, 1.807) is 11.3 Å². The van der Waals surface area contributed by atoms with Crippen LogP contribution in [-0.4, -0.2) is 42.0 Å². The zero-order valence-corrected chi connectivity index (χ0v) is 13.6. The smallest absolute Gasteiger partial charge is 0.222 e. The molecule has 0 spiro atoms. The van der Waals surface area contributed by atoms with Crippen molar-refractivity contribution in [1.29, 1.82) is 0 Å². The first-order valence-corrected chi connectivity index (χ1v) is 9.01. The molecule has 1 amide bonds. The largest absolute Gasteiger partial charge is 0.342 e. The Morgan fingerprint density at radius 2 is 2.43 bits per heavy atom. The van der Waals surface area contributed by atoms with Crippen LogP contribution in [-0.2, 0) is 4.79 Å². The number of likely N-dealkylation sites (tertiary alicyclic amines) is 1. The third-order valence-electron chi connectivity index (χ3n) is 4.69. The number of nitrogens with one attached hydrogen (secondary N) is 1. The van der Waals surface area contributed by atoms with E-state index in [2.05, 4.69) is 20.6 Å². The van der Waals surface area contributed by atoms with E-state index in [1.807, 2.05) is 6.92 Å². The van der Waals surface area contributed by atoms with Crippen LogP contribution < -0.4 is 5.32 Å². The zero-order chi connectivity index (χ0) is 14.7. The van der Waals surface area contributed by atoms with Gasteiger partial charge in [-0.05, 0) is 51.6 Å². The second kappa shape index (κ2) is 6.88. The molecule has 2 aliphatic rings. The van der Waals surface area contributed by atoms with E-state index >= 15 is 0 Å². The van der Waals surface area contributed by atoms with Gasteiger partial charge in [0.1, 0.15) is 0 Å². The van der Waals surface area contributed by atoms with E-state index in [-0.39, 0.29) is 0 Å². The second-order valence-corrected chi connectivity index (χ2v) is 7.29. The molecule has 1 aromatic heterocycles. The molecule has 4 nitrogen and oxygen atoms in total. The number of nitrogens with zero attached hydrogens (tertiary/aromatic N) is 2. The van der Waals surface area contributed by atoms with Gasteiger partial charge in [0, 0.05) is 36.5 Å². The van der Waals surface area contributed by atoms with Crippen LogP contribution in [0, 0.1) is 12.8 Å². The number of thiazole rings is 1. The Kier molecular flexibility index (Phi) is 4.91. The Labute approximate surface area is 130 Å². The lowest BCUT2D eigenvalue weighted by atomic mass is 9.97. The van der Waals surface area contributed by atoms with E-state index in [1.165, 1.54) is 17.8 Å². The SMILES string of the molecule is Cc1csc(C2CCCN(C(=O)CCC3CCNC3)C2)n1. The van der Waals surface area contributed by atoms with Crippen LogP contribution in [0.1, 0.15) is 48.7 Å². The molecule has 2 unspecified atom stereocenters. The molecule has 3 rings (SSSR count). The number of aryl methyl sites for hydroxylation is 1. The van der Waals surface area contributed by atoms with Crippen molar-refractivity contribution in [3.63, 3.8) is 0 Å². The van der Waals surface area contributed by atoms with E-state index < -0.39 is 0 Å². The summed E-state index contributed by atoms with van der Waals surface area (Å²) in [6.07, 6.45) is 5.27. The van der Waals surface area contributed by atoms with Gasteiger partial charge in [-0.25, -0.2) is 4.98 Å². The van der Waals surface area contributed by atoms with Crippen LogP contribution in [0.15, 0.2) is 5.38 Å². The van der Waals surface area contributed by atoms with Gasteiger partial charge in [-0.1, -0.05) is 0 Å². The Morgan fingerprint density at radius 1 is 1.52 bits per heavy atom. The van der Waals surface area contributed by atoms with Gasteiger partial charge in [-0.3, -0.25) is 4.79 Å². The quantitative estimate of drug-likeness (QED) is 0.930. The fourth-order valence-corrected chi connectivity index (χ4v) is 4.34. The minimum atomic E-state index is 0.347. The highest BCUT2D eigenvalue weighted by molar-refractivity contribution is 7.09. The predicted octanol–water partition coefficient (Wildman–Crippen LogP) is 2.55. The van der Waals surface area contributed by atoms with E-state index in [9.17, 15) is 4.79 Å². The number of carbonyl (C=O) groups excluding carboxylic acids is 1. The number of hydrogen-bond donors (Lipinski definition) is 1. The van der Waals surface area contributed by atoms with Crippen molar-refractivity contribution in [2.75, 3.05) is 26.2 Å². The molecule has 0 radical (unpaired) electrons. The van der Waals surface area contributed by atoms with Crippen molar-refractivity contribution in [2.45, 2.75) is 44.9 Å². The Balaban J connectivity index is 1.51. The van der Waals surface area contributed by atoms with E-state index in [4.69, 9.17) is 0 Å². The molecular formula is C16H25N3OS. The van der Waals surface area contributed by atoms with Crippen LogP contribution in [0.4, 0.5) is 0 Å². The number of amides is 1. The average molecular weight is 307 g/mol. The molecule has 0 aromatic carbocycles. The summed E-state index contributed by atoms with van der Waals surface area (Å²) in [7, 11) is 0. The van der Waals surface area contributed by atoms with E-state index in [0.717, 1.165) is 51.1 Å². The van der Waals surface area contributed by atoms with Gasteiger partial charge >= 0.3 is 0 Å². The maximum absolute atomic E-state index is 12.4. The molecule has 2 aliphatic heterocycles. The molecule has 0 aliphatic carbocycles. The molecule has 1 N–H and O–H groups in total. The third-order valence-corrected chi connectivity index (χ3v) is 5.81. The van der Waals surface area contributed by atoms with Crippen molar-refractivity contribution in [2.24, 2.45) is 5.92 Å². The number of carbonyl (C=O) groups is 1. The molecule has 3 heterocycles. The van der Waals surface area contributed by atoms with Crippen molar-refractivity contribution >= 4 is 17.2 Å². The first-order chi connectivity index (χ1) is 10.2. The summed E-state index contributed by atoms with van der Waals surface area (Å²) in [6, 6.07) is 0. The molecule has 21 heavy (non-hydrogen) atoms. The number of hydrogen-bond acceptors (Lipinski definition) is 4. The first-order valence-electron chi connectivity index (χ1n) is 8.13. The molecule has 0 bridgehead atoms. The Bertz CT molecular complexity index is 482. The summed E-state index contributed by atoms with van der Waals surface area (Å²) in [5, 5.41) is 6.70. The third kappa shape index (κ3) is 3.83. The fourth-order valence-electron chi connectivity index (χ4n) is 3.41. The lowest BCUT2D eigenvalue weighted by Crippen LogP contribution is -2.39. The van der Waals surface area contributed by atoms with Crippen molar-refractivity contribution in [3.8, 4) is 0 Å². The molecule has 2 fully saturated rings. The monoisotopic (exact) mass is 307 g/mol. The molecule has 2 saturated heterocycles. The molecule has 0 saturated carbocycles. The first kappa shape index (κ1) is 15.0. The van der Waals surface area contributed by atoms with Gasteiger partial charge in [0.05, 0.1) is 5.01 Å². The number of piperidine rings is 1. The molecule has 116 valence electrons. The highest BCUT2D eigenvalue weighted by Crippen LogP contribution is 2.29. The van der Waals surface area contributed by atoms with Crippen molar-refractivity contribution in [3.05, 3.63) is 16.1 Å².